The molecule has 1 aliphatic rings. The minimum absolute atomic E-state index is 0.0476. The van der Waals surface area contributed by atoms with Crippen LogP contribution in [0, 0.1) is 19.7 Å². The molecule has 0 saturated carbocycles. The number of carbonyl (C=O) groups excluding carboxylic acids is 2. The largest absolute Gasteiger partial charge is 0.503 e. The molecule has 174 valence electrons. The molecule has 0 aliphatic carbocycles. The van der Waals surface area contributed by atoms with Gasteiger partial charge in [0.1, 0.15) is 10.8 Å². The summed E-state index contributed by atoms with van der Waals surface area (Å²) >= 11 is 1.21. The summed E-state index contributed by atoms with van der Waals surface area (Å²) < 4.78 is 13.7. The monoisotopic (exact) mass is 484 g/mol. The van der Waals surface area contributed by atoms with Gasteiger partial charge in [-0.3, -0.25) is 14.5 Å². The van der Waals surface area contributed by atoms with E-state index < -0.39 is 29.3 Å². The molecule has 1 atom stereocenters. The summed E-state index contributed by atoms with van der Waals surface area (Å²) in [5, 5.41) is 11.6. The van der Waals surface area contributed by atoms with Gasteiger partial charge in [-0.2, -0.15) is 0 Å². The number of hydrogen-bond acceptors (Lipinski definition) is 5. The van der Waals surface area contributed by atoms with Crippen molar-refractivity contribution in [2.75, 3.05) is 4.90 Å². The van der Waals surface area contributed by atoms with Crippen LogP contribution in [0.2, 0.25) is 0 Å². The first-order valence-corrected chi connectivity index (χ1v) is 11.8. The maximum absolute atomic E-state index is 13.8. The normalized spacial score (nSPS) is 15.7. The summed E-state index contributed by atoms with van der Waals surface area (Å²) in [6, 6.07) is 21.4. The number of Topliss-reactive ketones (excluding diaryl/α,β-unsaturated/α-hetero) is 1. The van der Waals surface area contributed by atoms with Crippen LogP contribution in [-0.2, 0) is 4.79 Å². The predicted molar refractivity (Wildman–Crippen MR) is 134 cm³/mol. The van der Waals surface area contributed by atoms with Crippen molar-refractivity contribution in [2.24, 2.45) is 0 Å². The Morgan fingerprint density at radius 3 is 2.29 bits per heavy atom. The van der Waals surface area contributed by atoms with Gasteiger partial charge in [0.25, 0.3) is 5.91 Å². The Morgan fingerprint density at radius 1 is 0.971 bits per heavy atom. The van der Waals surface area contributed by atoms with Crippen molar-refractivity contribution in [3.63, 3.8) is 0 Å². The number of aromatic nitrogens is 1. The summed E-state index contributed by atoms with van der Waals surface area (Å²) in [5.74, 6) is -2.21. The van der Waals surface area contributed by atoms with Gasteiger partial charge in [0.15, 0.2) is 5.76 Å². The van der Waals surface area contributed by atoms with E-state index in [1.807, 2.05) is 49.4 Å². The summed E-state index contributed by atoms with van der Waals surface area (Å²) in [7, 11) is 0. The van der Waals surface area contributed by atoms with E-state index in [1.54, 1.807) is 19.1 Å². The van der Waals surface area contributed by atoms with Crippen LogP contribution in [0.1, 0.15) is 32.5 Å². The van der Waals surface area contributed by atoms with Gasteiger partial charge in [0, 0.05) is 11.3 Å². The lowest BCUT2D eigenvalue weighted by Crippen LogP contribution is -2.31. The predicted octanol–water partition coefficient (Wildman–Crippen LogP) is 6.35. The van der Waals surface area contributed by atoms with Crippen LogP contribution in [0.3, 0.4) is 0 Å². The first kappa shape index (κ1) is 22.7. The third kappa shape index (κ3) is 4.04. The highest BCUT2D eigenvalue weighted by Crippen LogP contribution is 2.43. The molecule has 1 aliphatic heterocycles. The van der Waals surface area contributed by atoms with E-state index in [1.165, 1.54) is 40.5 Å². The van der Waals surface area contributed by atoms with Gasteiger partial charge in [-0.15, -0.1) is 11.3 Å². The third-order valence-electron chi connectivity index (χ3n) is 5.97. The highest BCUT2D eigenvalue weighted by molar-refractivity contribution is 7.17. The Kier molecular flexibility index (Phi) is 5.78. The fourth-order valence-corrected chi connectivity index (χ4v) is 5.23. The van der Waals surface area contributed by atoms with E-state index >= 15 is 0 Å². The molecule has 35 heavy (non-hydrogen) atoms. The Balaban J connectivity index is 1.63. The third-order valence-corrected chi connectivity index (χ3v) is 7.18. The van der Waals surface area contributed by atoms with E-state index in [0.717, 1.165) is 11.1 Å². The molecule has 7 heteroatoms. The van der Waals surface area contributed by atoms with E-state index in [9.17, 15) is 19.1 Å². The van der Waals surface area contributed by atoms with Gasteiger partial charge in [-0.25, -0.2) is 9.37 Å². The second-order valence-electron chi connectivity index (χ2n) is 8.36. The van der Waals surface area contributed by atoms with Gasteiger partial charge in [-0.05, 0) is 43.7 Å². The zero-order valence-corrected chi connectivity index (χ0v) is 19.8. The number of anilines is 1. The molecule has 1 aromatic heterocycles. The summed E-state index contributed by atoms with van der Waals surface area (Å²) in [4.78, 5) is 33.4. The number of rotatable bonds is 5. The average molecular weight is 485 g/mol. The molecule has 1 N–H and O–H groups in total. The van der Waals surface area contributed by atoms with Crippen LogP contribution in [0.5, 0.6) is 0 Å². The number of ketones is 1. The Bertz CT molecular complexity index is 1460. The SMILES string of the molecule is Cc1ccc(N2C(=O)C(O)=C(C(=O)c3sc(-c4ccccc4)nc3C)C2c2ccc(F)cc2)cc1. The van der Waals surface area contributed by atoms with Crippen molar-refractivity contribution in [3.05, 3.63) is 118 Å². The van der Waals surface area contributed by atoms with Crippen LogP contribution in [-0.4, -0.2) is 21.8 Å². The second-order valence-corrected chi connectivity index (χ2v) is 9.35. The van der Waals surface area contributed by atoms with Crippen molar-refractivity contribution in [2.45, 2.75) is 19.9 Å². The molecule has 0 fully saturated rings. The number of aliphatic hydroxyl groups excluding tert-OH is 1. The zero-order valence-electron chi connectivity index (χ0n) is 19.0. The maximum Gasteiger partial charge on any atom is 0.294 e. The number of nitrogens with zero attached hydrogens (tertiary/aromatic N) is 2. The number of thiazole rings is 1. The van der Waals surface area contributed by atoms with Gasteiger partial charge in [0.05, 0.1) is 22.2 Å². The zero-order chi connectivity index (χ0) is 24.7. The van der Waals surface area contributed by atoms with E-state index in [0.29, 0.717) is 26.8 Å². The first-order valence-electron chi connectivity index (χ1n) is 11.0. The highest BCUT2D eigenvalue weighted by atomic mass is 32.1. The lowest BCUT2D eigenvalue weighted by atomic mass is 9.94. The van der Waals surface area contributed by atoms with Crippen LogP contribution < -0.4 is 4.90 Å². The second kappa shape index (κ2) is 8.92. The van der Waals surface area contributed by atoms with Crippen molar-refractivity contribution in [1.29, 1.82) is 0 Å². The molecule has 0 bridgehead atoms. The summed E-state index contributed by atoms with van der Waals surface area (Å²) in [6.07, 6.45) is 0. The van der Waals surface area contributed by atoms with Crippen molar-refractivity contribution in [1.82, 2.24) is 4.98 Å². The Labute approximate surface area is 205 Å². The van der Waals surface area contributed by atoms with E-state index in [2.05, 4.69) is 4.98 Å². The van der Waals surface area contributed by atoms with Gasteiger partial charge >= 0.3 is 0 Å². The molecule has 2 heterocycles. The maximum atomic E-state index is 13.8. The number of benzene rings is 3. The number of halogens is 1. The molecule has 5 nitrogen and oxygen atoms in total. The standard InChI is InChI=1S/C28H21FN2O3S/c1-16-8-14-21(15-9-16)31-23(18-10-12-20(29)13-11-18)22(25(33)28(31)34)24(32)26-17(2)30-27(35-26)19-6-4-3-5-7-19/h3-15,23,33H,1-2H3. The van der Waals surface area contributed by atoms with Crippen molar-refractivity contribution in [3.8, 4) is 10.6 Å². The Morgan fingerprint density at radius 2 is 1.63 bits per heavy atom. The van der Waals surface area contributed by atoms with E-state index in [4.69, 9.17) is 0 Å². The molecular weight excluding hydrogens is 463 g/mol. The fourth-order valence-electron chi connectivity index (χ4n) is 4.20. The minimum atomic E-state index is -0.917. The molecule has 5 rings (SSSR count). The number of amides is 1. The number of aliphatic hydroxyl groups is 1. The van der Waals surface area contributed by atoms with Crippen molar-refractivity contribution < 1.29 is 19.1 Å². The van der Waals surface area contributed by atoms with Crippen LogP contribution >= 0.6 is 11.3 Å². The lowest BCUT2D eigenvalue weighted by molar-refractivity contribution is -0.117. The van der Waals surface area contributed by atoms with Gasteiger partial charge in [0.2, 0.25) is 5.78 Å². The number of aryl methyl sites for hydroxylation is 2. The molecule has 0 saturated heterocycles. The number of carbonyl (C=O) groups is 2. The van der Waals surface area contributed by atoms with Gasteiger partial charge in [-0.1, -0.05) is 60.2 Å². The summed E-state index contributed by atoms with van der Waals surface area (Å²) in [5.41, 5.74) is 3.37. The van der Waals surface area contributed by atoms with Gasteiger partial charge < -0.3 is 5.11 Å². The van der Waals surface area contributed by atoms with Crippen LogP contribution in [0.25, 0.3) is 10.6 Å². The topological polar surface area (TPSA) is 70.5 Å². The summed E-state index contributed by atoms with van der Waals surface area (Å²) in [6.45, 7) is 3.66. The smallest absolute Gasteiger partial charge is 0.294 e. The molecule has 0 radical (unpaired) electrons. The molecule has 1 unspecified atom stereocenters. The number of hydrogen-bond donors (Lipinski definition) is 1. The van der Waals surface area contributed by atoms with Crippen molar-refractivity contribution >= 4 is 28.7 Å². The molecular formula is C28H21FN2O3S. The lowest BCUT2D eigenvalue weighted by Gasteiger charge is -2.27. The molecule has 4 aromatic rings. The molecule has 0 spiro atoms. The Hall–Kier alpha value is -4.10. The first-order chi connectivity index (χ1) is 16.8. The van der Waals surface area contributed by atoms with Crippen LogP contribution in [0.15, 0.2) is 90.2 Å². The quantitative estimate of drug-likeness (QED) is 0.335. The molecule has 3 aromatic carbocycles. The minimum Gasteiger partial charge on any atom is -0.503 e. The van der Waals surface area contributed by atoms with Crippen LogP contribution in [0.4, 0.5) is 10.1 Å². The van der Waals surface area contributed by atoms with E-state index in [-0.39, 0.29) is 5.57 Å². The molecule has 1 amide bonds. The fraction of sp³-hybridized carbons (Fsp3) is 0.107. The highest BCUT2D eigenvalue weighted by Gasteiger charge is 2.45. The average Bonchev–Trinajstić information content (AvgIpc) is 3.38.